The van der Waals surface area contributed by atoms with Gasteiger partial charge in [-0.05, 0) is 63.1 Å². The summed E-state index contributed by atoms with van der Waals surface area (Å²) in [4.78, 5) is 18.9. The minimum absolute atomic E-state index is 0.540. The van der Waals surface area contributed by atoms with Crippen LogP contribution in [0.1, 0.15) is 30.4 Å². The Bertz CT molecular complexity index is 878. The van der Waals surface area contributed by atoms with Crippen molar-refractivity contribution < 1.29 is 4.84 Å². The first kappa shape index (κ1) is 17.7. The quantitative estimate of drug-likeness (QED) is 0.365. The molecule has 0 amide bonds. The van der Waals surface area contributed by atoms with Crippen LogP contribution in [0.2, 0.25) is 0 Å². The van der Waals surface area contributed by atoms with Crippen molar-refractivity contribution in [1.29, 1.82) is 0 Å². The molecule has 0 atom stereocenters. The van der Waals surface area contributed by atoms with Gasteiger partial charge >= 0.3 is 0 Å². The Labute approximate surface area is 153 Å². The van der Waals surface area contributed by atoms with Gasteiger partial charge in [0.2, 0.25) is 0 Å². The molecule has 0 N–H and O–H groups in total. The summed E-state index contributed by atoms with van der Waals surface area (Å²) in [6.07, 6.45) is 3.45. The average Bonchev–Trinajstić information content (AvgIpc) is 2.68. The number of rotatable bonds is 7. The summed E-state index contributed by atoms with van der Waals surface area (Å²) in [6.45, 7) is 4.40. The largest absolute Gasteiger partial charge is 0.396 e. The minimum atomic E-state index is 0.540. The van der Waals surface area contributed by atoms with E-state index in [4.69, 9.17) is 4.84 Å². The Morgan fingerprint density at radius 2 is 1.81 bits per heavy atom. The third-order valence-electron chi connectivity index (χ3n) is 3.86. The van der Waals surface area contributed by atoms with Crippen LogP contribution < -0.4 is 0 Å². The smallest absolute Gasteiger partial charge is 0.117 e. The Kier molecular flexibility index (Phi) is 6.04. The van der Waals surface area contributed by atoms with Gasteiger partial charge in [-0.25, -0.2) is 0 Å². The van der Waals surface area contributed by atoms with Crippen LogP contribution in [-0.4, -0.2) is 27.3 Å². The molecular formula is C21H22N4O. The first-order chi connectivity index (χ1) is 12.7. The van der Waals surface area contributed by atoms with Gasteiger partial charge in [0.1, 0.15) is 12.3 Å². The van der Waals surface area contributed by atoms with E-state index in [-0.39, 0.29) is 0 Å². The van der Waals surface area contributed by atoms with Crippen molar-refractivity contribution in [3.63, 3.8) is 0 Å². The first-order valence-corrected chi connectivity index (χ1v) is 8.70. The Morgan fingerprint density at radius 1 is 0.962 bits per heavy atom. The van der Waals surface area contributed by atoms with Crippen LogP contribution in [0.25, 0.3) is 11.4 Å². The summed E-state index contributed by atoms with van der Waals surface area (Å²) in [6, 6.07) is 17.7. The van der Waals surface area contributed by atoms with Gasteiger partial charge in [0.25, 0.3) is 0 Å². The topological polar surface area (TPSA) is 60.3 Å². The molecule has 0 aliphatic carbocycles. The molecule has 0 aliphatic heterocycles. The third-order valence-corrected chi connectivity index (χ3v) is 3.86. The van der Waals surface area contributed by atoms with E-state index in [1.807, 2.05) is 68.4 Å². The predicted octanol–water partition coefficient (Wildman–Crippen LogP) is 4.22. The average molecular weight is 346 g/mol. The van der Waals surface area contributed by atoms with Crippen LogP contribution in [-0.2, 0) is 11.3 Å². The van der Waals surface area contributed by atoms with Crippen LogP contribution in [0.15, 0.2) is 65.9 Å². The zero-order chi connectivity index (χ0) is 18.2. The molecule has 0 saturated heterocycles. The molecule has 0 spiro atoms. The fraction of sp³-hybridized carbons (Fsp3) is 0.238. The molecule has 0 unspecified atom stereocenters. The van der Waals surface area contributed by atoms with Crippen molar-refractivity contribution >= 4 is 5.71 Å². The van der Waals surface area contributed by atoms with E-state index in [1.165, 1.54) is 0 Å². The van der Waals surface area contributed by atoms with E-state index in [1.54, 1.807) is 6.20 Å². The van der Waals surface area contributed by atoms with Gasteiger partial charge in [-0.1, -0.05) is 23.4 Å². The monoisotopic (exact) mass is 346 g/mol. The number of aryl methyl sites for hydroxylation is 2. The highest BCUT2D eigenvalue weighted by Gasteiger charge is 2.03. The maximum absolute atomic E-state index is 5.43. The van der Waals surface area contributed by atoms with Gasteiger partial charge in [-0.15, -0.1) is 0 Å². The molecule has 0 aliphatic rings. The van der Waals surface area contributed by atoms with Gasteiger partial charge in [0, 0.05) is 17.6 Å². The highest BCUT2D eigenvalue weighted by atomic mass is 16.6. The van der Waals surface area contributed by atoms with E-state index in [9.17, 15) is 0 Å². The molecule has 5 heteroatoms. The lowest BCUT2D eigenvalue weighted by Gasteiger charge is -2.05. The molecule has 0 bridgehead atoms. The van der Waals surface area contributed by atoms with Gasteiger partial charge in [0.15, 0.2) is 0 Å². The van der Waals surface area contributed by atoms with Gasteiger partial charge in [-0.2, -0.15) is 0 Å². The zero-order valence-electron chi connectivity index (χ0n) is 15.1. The van der Waals surface area contributed by atoms with Crippen molar-refractivity contribution in [3.8, 4) is 11.4 Å². The first-order valence-electron chi connectivity index (χ1n) is 8.70. The van der Waals surface area contributed by atoms with Crippen molar-refractivity contribution in [2.24, 2.45) is 5.16 Å². The summed E-state index contributed by atoms with van der Waals surface area (Å²) in [5.41, 5.74) is 5.40. The number of pyridine rings is 3. The van der Waals surface area contributed by atoms with Gasteiger partial charge in [-0.3, -0.25) is 15.0 Å². The highest BCUT2D eigenvalue weighted by molar-refractivity contribution is 5.96. The second-order valence-electron chi connectivity index (χ2n) is 6.01. The molecule has 0 aromatic carbocycles. The third kappa shape index (κ3) is 4.96. The summed E-state index contributed by atoms with van der Waals surface area (Å²) >= 11 is 0. The van der Waals surface area contributed by atoms with Gasteiger partial charge < -0.3 is 4.84 Å². The fourth-order valence-corrected chi connectivity index (χ4v) is 2.53. The lowest BCUT2D eigenvalue weighted by molar-refractivity contribution is 0.141. The second kappa shape index (κ2) is 8.85. The van der Waals surface area contributed by atoms with E-state index in [0.29, 0.717) is 6.61 Å². The molecule has 3 rings (SSSR count). The maximum atomic E-state index is 5.43. The second-order valence-corrected chi connectivity index (χ2v) is 6.01. The molecule has 26 heavy (non-hydrogen) atoms. The van der Waals surface area contributed by atoms with Crippen molar-refractivity contribution in [2.75, 3.05) is 6.61 Å². The summed E-state index contributed by atoms with van der Waals surface area (Å²) in [5, 5.41) is 4.16. The highest BCUT2D eigenvalue weighted by Crippen LogP contribution is 2.14. The molecular weight excluding hydrogens is 324 g/mol. The Morgan fingerprint density at radius 3 is 2.62 bits per heavy atom. The van der Waals surface area contributed by atoms with Crippen LogP contribution >= 0.6 is 0 Å². The molecule has 0 saturated carbocycles. The summed E-state index contributed by atoms with van der Waals surface area (Å²) < 4.78 is 0. The van der Waals surface area contributed by atoms with E-state index in [0.717, 1.165) is 47.0 Å². The molecule has 3 heterocycles. The summed E-state index contributed by atoms with van der Waals surface area (Å²) in [7, 11) is 0. The Balaban J connectivity index is 1.50. The lowest BCUT2D eigenvalue weighted by atomic mass is 10.2. The van der Waals surface area contributed by atoms with Crippen LogP contribution in [0, 0.1) is 6.92 Å². The van der Waals surface area contributed by atoms with Crippen molar-refractivity contribution in [1.82, 2.24) is 15.0 Å². The lowest BCUT2D eigenvalue weighted by Crippen LogP contribution is -2.02. The number of nitrogens with zero attached hydrogens (tertiary/aromatic N) is 4. The molecule has 0 radical (unpaired) electrons. The Hall–Kier alpha value is -3.08. The SMILES string of the molecule is CC(=NOCCCc1cccc(-c2ccccn2)n1)c1cccc(C)n1. The van der Waals surface area contributed by atoms with E-state index >= 15 is 0 Å². The van der Waals surface area contributed by atoms with Crippen molar-refractivity contribution in [3.05, 3.63) is 77.9 Å². The fourth-order valence-electron chi connectivity index (χ4n) is 2.53. The number of aromatic nitrogens is 3. The molecule has 132 valence electrons. The van der Waals surface area contributed by atoms with E-state index in [2.05, 4.69) is 20.1 Å². The van der Waals surface area contributed by atoms with Crippen LogP contribution in [0.4, 0.5) is 0 Å². The molecule has 3 aromatic heterocycles. The van der Waals surface area contributed by atoms with E-state index < -0.39 is 0 Å². The van der Waals surface area contributed by atoms with Crippen molar-refractivity contribution in [2.45, 2.75) is 26.7 Å². The standard InChI is InChI=1S/C21H22N4O/c1-16-8-5-12-19(23-16)17(2)25-26-15-7-10-18-9-6-13-21(24-18)20-11-3-4-14-22-20/h3-6,8-9,11-14H,7,10,15H2,1-2H3. The van der Waals surface area contributed by atoms with Gasteiger partial charge in [0.05, 0.1) is 17.1 Å². The van der Waals surface area contributed by atoms with Crippen LogP contribution in [0.5, 0.6) is 0 Å². The summed E-state index contributed by atoms with van der Waals surface area (Å²) in [5.74, 6) is 0. The van der Waals surface area contributed by atoms with Crippen LogP contribution in [0.3, 0.4) is 0 Å². The number of hydrogen-bond donors (Lipinski definition) is 0. The maximum Gasteiger partial charge on any atom is 0.117 e. The number of hydrogen-bond acceptors (Lipinski definition) is 5. The normalized spacial score (nSPS) is 11.4. The molecule has 0 fully saturated rings. The zero-order valence-corrected chi connectivity index (χ0v) is 15.1. The molecule has 5 nitrogen and oxygen atoms in total. The predicted molar refractivity (Wildman–Crippen MR) is 103 cm³/mol. The minimum Gasteiger partial charge on any atom is -0.396 e. The molecule has 3 aromatic rings. The number of oxime groups is 1.